The molecule has 1 aromatic heterocycles. The number of esters is 1. The van der Waals surface area contributed by atoms with Gasteiger partial charge < -0.3 is 14.0 Å². The molecule has 0 aliphatic carbocycles. The van der Waals surface area contributed by atoms with Crippen molar-refractivity contribution in [2.45, 2.75) is 71.7 Å². The minimum absolute atomic E-state index is 0.0717. The number of rotatable bonds is 3. The highest BCUT2D eigenvalue weighted by molar-refractivity contribution is 7.19. The van der Waals surface area contributed by atoms with Gasteiger partial charge in [-0.3, -0.25) is 4.79 Å². The van der Waals surface area contributed by atoms with E-state index in [-0.39, 0.29) is 12.4 Å². The lowest BCUT2D eigenvalue weighted by Crippen LogP contribution is -2.41. The van der Waals surface area contributed by atoms with Crippen LogP contribution in [0.3, 0.4) is 0 Å². The van der Waals surface area contributed by atoms with Gasteiger partial charge in [0.05, 0.1) is 23.2 Å². The van der Waals surface area contributed by atoms with E-state index in [1.54, 1.807) is 0 Å². The van der Waals surface area contributed by atoms with Crippen LogP contribution in [0.5, 0.6) is 0 Å². The summed E-state index contributed by atoms with van der Waals surface area (Å²) in [5, 5.41) is 10.6. The first-order chi connectivity index (χ1) is 12.8. The first-order valence-electron chi connectivity index (χ1n) is 9.36. The van der Waals surface area contributed by atoms with Gasteiger partial charge in [-0.1, -0.05) is 12.1 Å². The second-order valence-corrected chi connectivity index (χ2v) is 10.2. The average molecular weight is 399 g/mol. The Morgan fingerprint density at radius 3 is 2.36 bits per heavy atom. The molecule has 7 heteroatoms. The first kappa shape index (κ1) is 20.8. The van der Waals surface area contributed by atoms with Crippen LogP contribution in [0.1, 0.15) is 58.9 Å². The van der Waals surface area contributed by atoms with Crippen LogP contribution in [-0.4, -0.2) is 29.9 Å². The molecular weight excluding hydrogens is 373 g/mol. The molecule has 5 nitrogen and oxygen atoms in total. The van der Waals surface area contributed by atoms with Crippen LogP contribution in [0.15, 0.2) is 18.2 Å². The fraction of sp³-hybridized carbons (Fsp3) is 0.524. The Morgan fingerprint density at radius 2 is 1.82 bits per heavy atom. The normalized spacial score (nSPS) is 18.3. The van der Waals surface area contributed by atoms with Gasteiger partial charge in [0, 0.05) is 15.0 Å². The van der Waals surface area contributed by atoms with E-state index in [4.69, 9.17) is 14.0 Å². The quantitative estimate of drug-likeness (QED) is 0.577. The fourth-order valence-corrected chi connectivity index (χ4v) is 4.32. The number of hydrogen-bond donors (Lipinski definition) is 0. The average Bonchev–Trinajstić information content (AvgIpc) is 2.98. The van der Waals surface area contributed by atoms with E-state index in [1.165, 1.54) is 11.3 Å². The molecule has 0 bridgehead atoms. The third-order valence-electron chi connectivity index (χ3n) is 5.16. The molecule has 148 valence electrons. The molecule has 1 aromatic carbocycles. The minimum Gasteiger partial charge on any atom is -0.460 e. The Bertz CT molecular complexity index is 949. The van der Waals surface area contributed by atoms with Gasteiger partial charge in [0.25, 0.3) is 0 Å². The highest BCUT2D eigenvalue weighted by atomic mass is 32.1. The number of nitriles is 1. The maximum Gasteiger partial charge on any atom is 0.495 e. The molecule has 0 spiro atoms. The highest BCUT2D eigenvalue weighted by Crippen LogP contribution is 2.38. The van der Waals surface area contributed by atoms with Crippen LogP contribution >= 0.6 is 11.3 Å². The maximum absolute atomic E-state index is 12.3. The van der Waals surface area contributed by atoms with Gasteiger partial charge in [-0.25, -0.2) is 0 Å². The van der Waals surface area contributed by atoms with Gasteiger partial charge in [-0.2, -0.15) is 5.26 Å². The number of carbonyl (C=O) groups excluding carboxylic acids is 1. The maximum atomic E-state index is 12.3. The monoisotopic (exact) mass is 399 g/mol. The van der Waals surface area contributed by atoms with Crippen molar-refractivity contribution < 1.29 is 18.8 Å². The van der Waals surface area contributed by atoms with Crippen molar-refractivity contribution in [1.82, 2.24) is 0 Å². The van der Waals surface area contributed by atoms with Crippen molar-refractivity contribution in [3.63, 3.8) is 0 Å². The molecule has 0 amide bonds. The molecule has 0 N–H and O–H groups in total. The number of carbonyl (C=O) groups is 1. The number of ether oxygens (including phenoxy) is 1. The number of benzene rings is 1. The van der Waals surface area contributed by atoms with Crippen LogP contribution in [0.25, 0.3) is 10.1 Å². The molecule has 1 aliphatic rings. The van der Waals surface area contributed by atoms with Crippen LogP contribution in [-0.2, 0) is 25.3 Å². The molecule has 1 fully saturated rings. The lowest BCUT2D eigenvalue weighted by Gasteiger charge is -2.32. The molecule has 0 unspecified atom stereocenters. The minimum atomic E-state index is -0.565. The van der Waals surface area contributed by atoms with Gasteiger partial charge in [-0.05, 0) is 60.0 Å². The standard InChI is InChI=1S/C21H26BNO4S/c1-19(2,3)25-17(24)11-16-13(12-23)18-14(9-8-10-15(18)28-16)22-26-20(4,5)21(6,7)27-22/h8-10H,11H2,1-7H3. The van der Waals surface area contributed by atoms with E-state index in [9.17, 15) is 10.1 Å². The Balaban J connectivity index is 2.03. The van der Waals surface area contributed by atoms with Gasteiger partial charge >= 0.3 is 13.1 Å². The first-order valence-corrected chi connectivity index (χ1v) is 10.2. The van der Waals surface area contributed by atoms with Crippen molar-refractivity contribution in [3.8, 4) is 6.07 Å². The molecule has 1 aliphatic heterocycles. The van der Waals surface area contributed by atoms with E-state index in [0.717, 1.165) is 15.5 Å². The summed E-state index contributed by atoms with van der Waals surface area (Å²) in [6, 6.07) is 8.09. The fourth-order valence-electron chi connectivity index (χ4n) is 3.14. The van der Waals surface area contributed by atoms with Crippen molar-refractivity contribution in [2.24, 2.45) is 0 Å². The molecule has 2 aromatic rings. The van der Waals surface area contributed by atoms with Gasteiger partial charge in [-0.15, -0.1) is 11.3 Å². The van der Waals surface area contributed by atoms with Crippen LogP contribution < -0.4 is 5.46 Å². The summed E-state index contributed by atoms with van der Waals surface area (Å²) in [5.41, 5.74) is -0.186. The summed E-state index contributed by atoms with van der Waals surface area (Å²) in [6.45, 7) is 13.5. The predicted molar refractivity (Wildman–Crippen MR) is 112 cm³/mol. The van der Waals surface area contributed by atoms with Gasteiger partial charge in [0.1, 0.15) is 11.7 Å². The van der Waals surface area contributed by atoms with E-state index in [0.29, 0.717) is 10.4 Å². The number of thiophene rings is 1. The van der Waals surface area contributed by atoms with Crippen molar-refractivity contribution in [1.29, 1.82) is 5.26 Å². The number of nitrogens with zero attached hydrogens (tertiary/aromatic N) is 1. The molecule has 3 rings (SSSR count). The Kier molecular flexibility index (Phi) is 5.12. The van der Waals surface area contributed by atoms with Gasteiger partial charge in [0.15, 0.2) is 0 Å². The predicted octanol–water partition coefficient (Wildman–Crippen LogP) is 3.96. The molecule has 0 atom stereocenters. The van der Waals surface area contributed by atoms with E-state index in [2.05, 4.69) is 6.07 Å². The zero-order chi connectivity index (χ0) is 20.9. The smallest absolute Gasteiger partial charge is 0.460 e. The largest absolute Gasteiger partial charge is 0.495 e. The van der Waals surface area contributed by atoms with Crippen LogP contribution in [0.4, 0.5) is 0 Å². The summed E-state index contributed by atoms with van der Waals surface area (Å²) >= 11 is 1.44. The Hall–Kier alpha value is -1.88. The molecular formula is C21H26BNO4S. The lowest BCUT2D eigenvalue weighted by molar-refractivity contribution is -0.153. The van der Waals surface area contributed by atoms with Crippen LogP contribution in [0.2, 0.25) is 0 Å². The second kappa shape index (κ2) is 6.87. The van der Waals surface area contributed by atoms with E-state index < -0.39 is 23.9 Å². The lowest BCUT2D eigenvalue weighted by atomic mass is 9.76. The van der Waals surface area contributed by atoms with E-state index >= 15 is 0 Å². The van der Waals surface area contributed by atoms with Crippen molar-refractivity contribution in [3.05, 3.63) is 28.6 Å². The zero-order valence-corrected chi connectivity index (χ0v) is 18.3. The summed E-state index contributed by atoms with van der Waals surface area (Å²) in [4.78, 5) is 13.0. The van der Waals surface area contributed by atoms with Crippen LogP contribution in [0, 0.1) is 11.3 Å². The third-order valence-corrected chi connectivity index (χ3v) is 6.32. The van der Waals surface area contributed by atoms with Crippen molar-refractivity contribution in [2.75, 3.05) is 0 Å². The molecule has 0 saturated carbocycles. The summed E-state index contributed by atoms with van der Waals surface area (Å²) in [5.74, 6) is -0.340. The number of hydrogen-bond acceptors (Lipinski definition) is 6. The van der Waals surface area contributed by atoms with E-state index in [1.807, 2.05) is 66.7 Å². The second-order valence-electron chi connectivity index (χ2n) is 9.08. The molecule has 2 heterocycles. The summed E-state index contributed by atoms with van der Waals surface area (Å²) in [7, 11) is -0.565. The summed E-state index contributed by atoms with van der Waals surface area (Å²) < 4.78 is 18.8. The number of fused-ring (bicyclic) bond motifs is 1. The SMILES string of the molecule is CC(C)(C)OC(=O)Cc1sc2cccc(B3OC(C)(C)C(C)(C)O3)c2c1C#N. The van der Waals surface area contributed by atoms with Gasteiger partial charge in [0.2, 0.25) is 0 Å². The zero-order valence-electron chi connectivity index (χ0n) is 17.5. The van der Waals surface area contributed by atoms with Crippen molar-refractivity contribution >= 4 is 40.0 Å². The Labute approximate surface area is 170 Å². The topological polar surface area (TPSA) is 68.6 Å². The molecule has 28 heavy (non-hydrogen) atoms. The molecule has 1 saturated heterocycles. The molecule has 0 radical (unpaired) electrons. The third kappa shape index (κ3) is 3.82. The summed E-state index contributed by atoms with van der Waals surface area (Å²) in [6.07, 6.45) is 0.0717. The Morgan fingerprint density at radius 1 is 1.21 bits per heavy atom. The highest BCUT2D eigenvalue weighted by Gasteiger charge is 2.52.